The normalized spacial score (nSPS) is 16.1. The van der Waals surface area contributed by atoms with E-state index in [1.807, 2.05) is 31.2 Å². The van der Waals surface area contributed by atoms with Gasteiger partial charge in [-0.2, -0.15) is 0 Å². The van der Waals surface area contributed by atoms with Gasteiger partial charge in [0.1, 0.15) is 6.33 Å². The summed E-state index contributed by atoms with van der Waals surface area (Å²) in [6, 6.07) is 8.00. The van der Waals surface area contributed by atoms with Crippen LogP contribution in [-0.2, 0) is 4.74 Å². The molecule has 0 amide bonds. The lowest BCUT2D eigenvalue weighted by Crippen LogP contribution is -2.32. The number of benzene rings is 1. The number of aryl methyl sites for hydroxylation is 1. The van der Waals surface area contributed by atoms with Gasteiger partial charge in [0.2, 0.25) is 0 Å². The maximum absolute atomic E-state index is 5.10. The van der Waals surface area contributed by atoms with Crippen molar-refractivity contribution in [1.82, 2.24) is 14.9 Å². The third-order valence-corrected chi connectivity index (χ3v) is 2.98. The number of para-hydroxylation sites is 1. The molecule has 1 saturated heterocycles. The zero-order chi connectivity index (χ0) is 12.8. The summed E-state index contributed by atoms with van der Waals surface area (Å²) in [4.78, 5) is 10.5. The third kappa shape index (κ3) is 3.48. The fraction of sp³-hybridized carbons (Fsp3) is 0.429. The van der Waals surface area contributed by atoms with Crippen molar-refractivity contribution in [3.63, 3.8) is 0 Å². The van der Waals surface area contributed by atoms with Crippen LogP contribution in [0, 0.1) is 6.92 Å². The van der Waals surface area contributed by atoms with Crippen LogP contribution in [0.15, 0.2) is 30.6 Å². The number of ether oxygens (including phenoxy) is 1. The Hall–Kier alpha value is -1.52. The van der Waals surface area contributed by atoms with Crippen LogP contribution in [-0.4, -0.2) is 48.2 Å². The molecule has 0 bridgehead atoms. The average molecular weight is 245 g/mol. The summed E-state index contributed by atoms with van der Waals surface area (Å²) in [5, 5.41) is 1.13. The van der Waals surface area contributed by atoms with Crippen molar-refractivity contribution in [1.29, 1.82) is 0 Å². The van der Waals surface area contributed by atoms with E-state index >= 15 is 0 Å². The molecular formula is C14H19N3O. The molecule has 1 aromatic carbocycles. The molecule has 1 aromatic heterocycles. The molecule has 3 rings (SSSR count). The van der Waals surface area contributed by atoms with E-state index < -0.39 is 0 Å². The van der Waals surface area contributed by atoms with Crippen molar-refractivity contribution >= 4 is 10.9 Å². The van der Waals surface area contributed by atoms with Gasteiger partial charge in [0.15, 0.2) is 0 Å². The van der Waals surface area contributed by atoms with Crippen LogP contribution in [0.3, 0.4) is 0 Å². The lowest BCUT2D eigenvalue weighted by atomic mass is 10.2. The SMILES string of the molecule is CN1CCOCC1.Cc1ncnc2ccccc12. The zero-order valence-corrected chi connectivity index (χ0v) is 11.0. The Labute approximate surface area is 108 Å². The van der Waals surface area contributed by atoms with E-state index in [9.17, 15) is 0 Å². The molecule has 4 heteroatoms. The summed E-state index contributed by atoms with van der Waals surface area (Å²) in [6.45, 7) is 6.01. The molecule has 0 atom stereocenters. The van der Waals surface area contributed by atoms with Gasteiger partial charge in [0, 0.05) is 24.2 Å². The summed E-state index contributed by atoms with van der Waals surface area (Å²) < 4.78 is 5.10. The second-order valence-corrected chi connectivity index (χ2v) is 4.39. The predicted octanol–water partition coefficient (Wildman–Crippen LogP) is 1.89. The minimum atomic E-state index is 0.913. The second kappa shape index (κ2) is 6.42. The van der Waals surface area contributed by atoms with E-state index in [4.69, 9.17) is 4.74 Å². The van der Waals surface area contributed by atoms with Gasteiger partial charge in [-0.25, -0.2) is 9.97 Å². The standard InChI is InChI=1S/C9H8N2.C5H11NO/c1-7-8-4-2-3-5-9(8)11-6-10-7;1-6-2-4-7-5-3-6/h2-6H,1H3;2-5H2,1H3. The lowest BCUT2D eigenvalue weighted by Gasteiger charge is -2.21. The molecule has 0 radical (unpaired) electrons. The molecule has 0 aliphatic carbocycles. The van der Waals surface area contributed by atoms with Crippen LogP contribution in [0.25, 0.3) is 10.9 Å². The minimum Gasteiger partial charge on any atom is -0.379 e. The molecule has 0 unspecified atom stereocenters. The Kier molecular flexibility index (Phi) is 4.61. The van der Waals surface area contributed by atoms with Gasteiger partial charge in [-0.3, -0.25) is 0 Å². The van der Waals surface area contributed by atoms with E-state index in [1.165, 1.54) is 0 Å². The van der Waals surface area contributed by atoms with Crippen LogP contribution in [0.4, 0.5) is 0 Å². The number of hydrogen-bond donors (Lipinski definition) is 0. The molecule has 18 heavy (non-hydrogen) atoms. The first kappa shape index (κ1) is 12.9. The first-order valence-corrected chi connectivity index (χ1v) is 6.20. The van der Waals surface area contributed by atoms with Crippen LogP contribution in [0.1, 0.15) is 5.69 Å². The predicted molar refractivity (Wildman–Crippen MR) is 72.6 cm³/mol. The molecular weight excluding hydrogens is 226 g/mol. The molecule has 2 aromatic rings. The molecule has 4 nitrogen and oxygen atoms in total. The molecule has 2 heterocycles. The summed E-state index contributed by atoms with van der Waals surface area (Å²) >= 11 is 0. The topological polar surface area (TPSA) is 38.2 Å². The van der Waals surface area contributed by atoms with Crippen molar-refractivity contribution in [2.24, 2.45) is 0 Å². The van der Waals surface area contributed by atoms with Gasteiger partial charge in [0.25, 0.3) is 0 Å². The quantitative estimate of drug-likeness (QED) is 0.710. The monoisotopic (exact) mass is 245 g/mol. The number of fused-ring (bicyclic) bond motifs is 1. The highest BCUT2D eigenvalue weighted by Gasteiger charge is 2.02. The van der Waals surface area contributed by atoms with Gasteiger partial charge in [-0.1, -0.05) is 18.2 Å². The van der Waals surface area contributed by atoms with Crippen molar-refractivity contribution in [3.05, 3.63) is 36.3 Å². The molecule has 96 valence electrons. The summed E-state index contributed by atoms with van der Waals surface area (Å²) in [7, 11) is 2.11. The number of aromatic nitrogens is 2. The first-order valence-electron chi connectivity index (χ1n) is 6.20. The number of rotatable bonds is 0. The average Bonchev–Trinajstić information content (AvgIpc) is 2.41. The van der Waals surface area contributed by atoms with E-state index in [1.54, 1.807) is 6.33 Å². The van der Waals surface area contributed by atoms with Crippen molar-refractivity contribution in [2.75, 3.05) is 33.4 Å². The second-order valence-electron chi connectivity index (χ2n) is 4.39. The lowest BCUT2D eigenvalue weighted by molar-refractivity contribution is 0.0503. The first-order chi connectivity index (χ1) is 8.77. The Morgan fingerprint density at radius 2 is 1.83 bits per heavy atom. The van der Waals surface area contributed by atoms with Gasteiger partial charge in [-0.15, -0.1) is 0 Å². The van der Waals surface area contributed by atoms with Crippen LogP contribution >= 0.6 is 0 Å². The number of likely N-dealkylation sites (N-methyl/N-ethyl adjacent to an activating group) is 1. The molecule has 1 fully saturated rings. The largest absolute Gasteiger partial charge is 0.379 e. The Morgan fingerprint density at radius 1 is 1.11 bits per heavy atom. The molecule has 0 spiro atoms. The van der Waals surface area contributed by atoms with Crippen molar-refractivity contribution < 1.29 is 4.74 Å². The number of nitrogens with zero attached hydrogens (tertiary/aromatic N) is 3. The van der Waals surface area contributed by atoms with Gasteiger partial charge < -0.3 is 9.64 Å². The summed E-state index contributed by atoms with van der Waals surface area (Å²) in [5.74, 6) is 0. The van der Waals surface area contributed by atoms with Crippen LogP contribution in [0.5, 0.6) is 0 Å². The van der Waals surface area contributed by atoms with Crippen molar-refractivity contribution in [2.45, 2.75) is 6.92 Å². The van der Waals surface area contributed by atoms with Gasteiger partial charge >= 0.3 is 0 Å². The van der Waals surface area contributed by atoms with E-state index in [-0.39, 0.29) is 0 Å². The van der Waals surface area contributed by atoms with Crippen LogP contribution < -0.4 is 0 Å². The highest BCUT2D eigenvalue weighted by Crippen LogP contribution is 2.11. The fourth-order valence-electron chi connectivity index (χ4n) is 1.79. The summed E-state index contributed by atoms with van der Waals surface area (Å²) in [5.41, 5.74) is 2.05. The Bertz CT molecular complexity index is 490. The maximum atomic E-state index is 5.10. The zero-order valence-electron chi connectivity index (χ0n) is 11.0. The molecule has 1 aliphatic rings. The molecule has 0 N–H and O–H groups in total. The van der Waals surface area contributed by atoms with Gasteiger partial charge in [-0.05, 0) is 20.0 Å². The third-order valence-electron chi connectivity index (χ3n) is 2.98. The Morgan fingerprint density at radius 3 is 2.44 bits per heavy atom. The smallest absolute Gasteiger partial charge is 0.116 e. The highest BCUT2D eigenvalue weighted by atomic mass is 16.5. The van der Waals surface area contributed by atoms with E-state index in [0.29, 0.717) is 0 Å². The fourth-order valence-corrected chi connectivity index (χ4v) is 1.79. The van der Waals surface area contributed by atoms with E-state index in [2.05, 4.69) is 21.9 Å². The van der Waals surface area contributed by atoms with Crippen LogP contribution in [0.2, 0.25) is 0 Å². The van der Waals surface area contributed by atoms with E-state index in [0.717, 1.165) is 42.9 Å². The highest BCUT2D eigenvalue weighted by molar-refractivity contribution is 5.80. The maximum Gasteiger partial charge on any atom is 0.116 e. The number of morpholine rings is 1. The Balaban J connectivity index is 0.000000149. The summed E-state index contributed by atoms with van der Waals surface area (Å²) in [6.07, 6.45) is 1.59. The van der Waals surface area contributed by atoms with Crippen molar-refractivity contribution in [3.8, 4) is 0 Å². The van der Waals surface area contributed by atoms with Gasteiger partial charge in [0.05, 0.1) is 18.7 Å². The number of hydrogen-bond acceptors (Lipinski definition) is 4. The molecule has 1 aliphatic heterocycles. The minimum absolute atomic E-state index is 0.913. The molecule has 0 saturated carbocycles.